The number of ether oxygens (including phenoxy) is 1. The minimum atomic E-state index is 0. The van der Waals surface area contributed by atoms with Gasteiger partial charge in [0.1, 0.15) is 12.4 Å². The van der Waals surface area contributed by atoms with Crippen molar-refractivity contribution in [1.29, 1.82) is 0 Å². The van der Waals surface area contributed by atoms with Crippen molar-refractivity contribution in [1.82, 2.24) is 20.5 Å². The van der Waals surface area contributed by atoms with Crippen LogP contribution in [0.5, 0.6) is 5.75 Å². The van der Waals surface area contributed by atoms with Crippen molar-refractivity contribution in [2.75, 3.05) is 39.3 Å². The minimum absolute atomic E-state index is 0. The maximum atomic E-state index is 6.05. The third-order valence-electron chi connectivity index (χ3n) is 4.58. The van der Waals surface area contributed by atoms with Crippen LogP contribution in [0, 0.1) is 6.92 Å². The summed E-state index contributed by atoms with van der Waals surface area (Å²) in [5, 5.41) is 7.86. The number of para-hydroxylation sites is 1. The van der Waals surface area contributed by atoms with E-state index in [2.05, 4.69) is 54.3 Å². The highest BCUT2D eigenvalue weighted by Crippen LogP contribution is 2.19. The van der Waals surface area contributed by atoms with Crippen LogP contribution < -0.4 is 15.4 Å². The second-order valence-electron chi connectivity index (χ2n) is 6.72. The Kier molecular flexibility index (Phi) is 13.7. The minimum Gasteiger partial charge on any atom is -0.492 e. The Morgan fingerprint density at radius 2 is 1.93 bits per heavy atom. The first-order valence-corrected chi connectivity index (χ1v) is 11.3. The van der Waals surface area contributed by atoms with Gasteiger partial charge in [-0.25, -0.2) is 9.98 Å². The number of thiazole rings is 1. The fraction of sp³-hybridized carbons (Fsp3) is 0.545. The lowest BCUT2D eigenvalue weighted by atomic mass is 10.2. The molecule has 2 aromatic rings. The number of aromatic nitrogens is 1. The van der Waals surface area contributed by atoms with Gasteiger partial charge in [-0.1, -0.05) is 32.0 Å². The summed E-state index contributed by atoms with van der Waals surface area (Å²) < 4.78 is 6.05. The zero-order chi connectivity index (χ0) is 20.9. The molecule has 0 aliphatic rings. The molecule has 1 heterocycles. The molecule has 2 N–H and O–H groups in total. The quantitative estimate of drug-likeness (QED) is 0.239. The molecule has 0 saturated heterocycles. The van der Waals surface area contributed by atoms with Gasteiger partial charge in [0, 0.05) is 42.7 Å². The summed E-state index contributed by atoms with van der Waals surface area (Å²) in [6.45, 7) is 14.4. The van der Waals surface area contributed by atoms with Crippen LogP contribution in [-0.4, -0.2) is 55.2 Å². The topological polar surface area (TPSA) is 61.8 Å². The van der Waals surface area contributed by atoms with Gasteiger partial charge in [0.25, 0.3) is 0 Å². The molecule has 0 bridgehead atoms. The summed E-state index contributed by atoms with van der Waals surface area (Å²) in [6.07, 6.45) is 2.82. The van der Waals surface area contributed by atoms with Crippen LogP contribution in [0.2, 0.25) is 0 Å². The molecular weight excluding hydrogens is 509 g/mol. The zero-order valence-corrected chi connectivity index (χ0v) is 21.8. The van der Waals surface area contributed by atoms with Crippen molar-refractivity contribution >= 4 is 41.3 Å². The largest absolute Gasteiger partial charge is 0.492 e. The number of likely N-dealkylation sites (N-methyl/N-ethyl adjacent to an activating group) is 1. The molecule has 2 rings (SSSR count). The van der Waals surface area contributed by atoms with E-state index in [-0.39, 0.29) is 24.0 Å². The summed E-state index contributed by atoms with van der Waals surface area (Å²) in [6, 6.07) is 8.16. The summed E-state index contributed by atoms with van der Waals surface area (Å²) in [4.78, 5) is 12.8. The number of rotatable bonds is 12. The highest BCUT2D eigenvalue weighted by Gasteiger charge is 2.06. The summed E-state index contributed by atoms with van der Waals surface area (Å²) in [5.41, 5.74) is 1.10. The number of benzene rings is 1. The molecule has 0 atom stereocenters. The van der Waals surface area contributed by atoms with Gasteiger partial charge in [-0.2, -0.15) is 0 Å². The van der Waals surface area contributed by atoms with Crippen molar-refractivity contribution < 1.29 is 4.74 Å². The van der Waals surface area contributed by atoms with Crippen molar-refractivity contribution in [3.63, 3.8) is 0 Å². The fourth-order valence-electron chi connectivity index (χ4n) is 2.91. The Balaban J connectivity index is 0.00000450. The molecule has 0 aliphatic carbocycles. The van der Waals surface area contributed by atoms with Crippen LogP contribution in [0.4, 0.5) is 0 Å². The number of guanidine groups is 1. The second-order valence-corrected chi connectivity index (χ2v) is 8.04. The van der Waals surface area contributed by atoms with E-state index in [1.54, 1.807) is 11.3 Å². The number of aliphatic imine (C=N–C) groups is 1. The number of aryl methyl sites for hydroxylation is 1. The summed E-state index contributed by atoms with van der Waals surface area (Å²) in [7, 11) is 0. The van der Waals surface area contributed by atoms with Crippen LogP contribution in [0.3, 0.4) is 0 Å². The molecule has 30 heavy (non-hydrogen) atoms. The highest BCUT2D eigenvalue weighted by molar-refractivity contribution is 14.0. The molecule has 1 aromatic carbocycles. The third kappa shape index (κ3) is 9.61. The Hall–Kier alpha value is -1.39. The van der Waals surface area contributed by atoms with Crippen molar-refractivity contribution in [2.45, 2.75) is 40.7 Å². The van der Waals surface area contributed by atoms with Gasteiger partial charge in [-0.15, -0.1) is 35.3 Å². The maximum absolute atomic E-state index is 6.05. The van der Waals surface area contributed by atoms with Gasteiger partial charge in [0.15, 0.2) is 5.96 Å². The lowest BCUT2D eigenvalue weighted by Crippen LogP contribution is -2.38. The first-order chi connectivity index (χ1) is 14.2. The number of nitrogens with zero attached hydrogens (tertiary/aromatic N) is 3. The van der Waals surface area contributed by atoms with Crippen LogP contribution in [0.25, 0.3) is 0 Å². The Labute approximate surface area is 202 Å². The normalized spacial score (nSPS) is 11.3. The molecule has 0 radical (unpaired) electrons. The Morgan fingerprint density at radius 3 is 2.60 bits per heavy atom. The molecule has 1 aromatic heterocycles. The predicted molar refractivity (Wildman–Crippen MR) is 139 cm³/mol. The summed E-state index contributed by atoms with van der Waals surface area (Å²) in [5.74, 6) is 1.73. The van der Waals surface area contributed by atoms with E-state index in [4.69, 9.17) is 9.73 Å². The molecule has 0 amide bonds. The number of hydrogen-bond donors (Lipinski definition) is 2. The molecule has 0 saturated carbocycles. The molecule has 0 fully saturated rings. The molecule has 0 unspecified atom stereocenters. The van der Waals surface area contributed by atoms with E-state index in [1.807, 2.05) is 24.4 Å². The first-order valence-electron chi connectivity index (χ1n) is 10.5. The second kappa shape index (κ2) is 15.4. The van der Waals surface area contributed by atoms with Crippen LogP contribution in [0.15, 0.2) is 35.5 Å². The van der Waals surface area contributed by atoms with Crippen LogP contribution in [0.1, 0.15) is 36.2 Å². The van der Waals surface area contributed by atoms with Gasteiger partial charge in [-0.3, -0.25) is 0 Å². The van der Waals surface area contributed by atoms with E-state index in [0.717, 1.165) is 61.4 Å². The Bertz CT molecular complexity index is 749. The SMILES string of the molecule is CCNC(=NCc1ccccc1OCCN(CC)CC)NCCc1ncc(C)s1.I. The predicted octanol–water partition coefficient (Wildman–Crippen LogP) is 4.09. The summed E-state index contributed by atoms with van der Waals surface area (Å²) >= 11 is 1.75. The monoisotopic (exact) mass is 545 g/mol. The van der Waals surface area contributed by atoms with Crippen molar-refractivity contribution in [3.8, 4) is 5.75 Å². The average molecular weight is 546 g/mol. The number of hydrogen-bond acceptors (Lipinski definition) is 5. The lowest BCUT2D eigenvalue weighted by molar-refractivity contribution is 0.221. The van der Waals surface area contributed by atoms with E-state index < -0.39 is 0 Å². The number of nitrogens with one attached hydrogen (secondary N) is 2. The molecule has 168 valence electrons. The van der Waals surface area contributed by atoms with E-state index in [9.17, 15) is 0 Å². The Morgan fingerprint density at radius 1 is 1.17 bits per heavy atom. The third-order valence-corrected chi connectivity index (χ3v) is 5.56. The molecule has 0 aliphatic heterocycles. The van der Waals surface area contributed by atoms with Gasteiger partial charge in [-0.05, 0) is 33.0 Å². The fourth-order valence-corrected chi connectivity index (χ4v) is 3.70. The maximum Gasteiger partial charge on any atom is 0.191 e. The van der Waals surface area contributed by atoms with Crippen molar-refractivity contribution in [3.05, 3.63) is 45.9 Å². The highest BCUT2D eigenvalue weighted by atomic mass is 127. The number of halogens is 1. The van der Waals surface area contributed by atoms with Crippen LogP contribution >= 0.6 is 35.3 Å². The first kappa shape index (κ1) is 26.6. The van der Waals surface area contributed by atoms with E-state index >= 15 is 0 Å². The van der Waals surface area contributed by atoms with Crippen molar-refractivity contribution in [2.24, 2.45) is 4.99 Å². The van der Waals surface area contributed by atoms with Crippen LogP contribution in [-0.2, 0) is 13.0 Å². The van der Waals surface area contributed by atoms with Gasteiger partial charge in [0.05, 0.1) is 11.6 Å². The van der Waals surface area contributed by atoms with E-state index in [1.165, 1.54) is 4.88 Å². The lowest BCUT2D eigenvalue weighted by Gasteiger charge is -2.18. The molecule has 8 heteroatoms. The van der Waals surface area contributed by atoms with E-state index in [0.29, 0.717) is 13.2 Å². The smallest absolute Gasteiger partial charge is 0.191 e. The van der Waals surface area contributed by atoms with Gasteiger partial charge >= 0.3 is 0 Å². The zero-order valence-electron chi connectivity index (χ0n) is 18.6. The van der Waals surface area contributed by atoms with Gasteiger partial charge < -0.3 is 20.3 Å². The molecular formula is C22H36IN5OS. The van der Waals surface area contributed by atoms with Gasteiger partial charge in [0.2, 0.25) is 0 Å². The standard InChI is InChI=1S/C22H35N5OS.HI/c1-5-23-22(24-13-12-21-25-16-18(4)29-21)26-17-19-10-8-9-11-20(19)28-15-14-27(6-2)7-3;/h8-11,16H,5-7,12-15,17H2,1-4H3,(H2,23,24,26);1H. The average Bonchev–Trinajstić information content (AvgIpc) is 3.15. The molecule has 6 nitrogen and oxygen atoms in total. The molecule has 0 spiro atoms.